The molecule has 0 N–H and O–H groups in total. The zero-order valence-electron chi connectivity index (χ0n) is 2.89. The lowest BCUT2D eigenvalue weighted by Gasteiger charge is -1.85. The van der Waals surface area contributed by atoms with Crippen LogP contribution in [0.5, 0.6) is 0 Å². The summed E-state index contributed by atoms with van der Waals surface area (Å²) in [6.45, 7) is 3.11. The second-order valence-electron chi connectivity index (χ2n) is 0.394. The van der Waals surface area contributed by atoms with Crippen molar-refractivity contribution in [2.24, 2.45) is 0 Å². The van der Waals surface area contributed by atoms with E-state index in [-0.39, 0.29) is 0 Å². The molecule has 0 aromatic rings. The van der Waals surface area contributed by atoms with Crippen LogP contribution >= 0.6 is 11.9 Å². The van der Waals surface area contributed by atoms with Crippen LogP contribution in [-0.4, -0.2) is 0 Å². The Morgan fingerprint density at radius 2 is 2.33 bits per heavy atom. The highest BCUT2D eigenvalue weighted by atomic mass is 35.5. The minimum atomic E-state index is 1.03. The maximum absolute atomic E-state index is 4.49. The number of hydrogen-bond acceptors (Lipinski definition) is 3. The van der Waals surface area contributed by atoms with Crippen LogP contribution in [0.25, 0.3) is 0 Å². The van der Waals surface area contributed by atoms with Crippen LogP contribution in [0.1, 0.15) is 0 Å². The quantitative estimate of drug-likeness (QED) is 0.236. The Hall–Kier alpha value is -0.250. The maximum Gasteiger partial charge on any atom is 0.125 e. The molecule has 0 aliphatic carbocycles. The summed E-state index contributed by atoms with van der Waals surface area (Å²) in [5.41, 5.74) is 0. The molecule has 0 bridgehead atoms. The zero-order chi connectivity index (χ0) is 4.83. The molecule has 4 heteroatoms. The van der Waals surface area contributed by atoms with E-state index >= 15 is 0 Å². The van der Waals surface area contributed by atoms with Gasteiger partial charge in [0.15, 0.2) is 0 Å². The van der Waals surface area contributed by atoms with E-state index in [1.807, 2.05) is 0 Å². The van der Waals surface area contributed by atoms with Gasteiger partial charge in [-0.2, -0.15) is 0 Å². The van der Waals surface area contributed by atoms with Gasteiger partial charge in [0.1, 0.15) is 18.1 Å². The van der Waals surface area contributed by atoms with Gasteiger partial charge in [-0.25, -0.2) is 0 Å². The first kappa shape index (κ1) is 5.75. The number of rotatable bonds is 3. The first-order chi connectivity index (χ1) is 2.91. The van der Waals surface area contributed by atoms with E-state index in [2.05, 4.69) is 32.8 Å². The summed E-state index contributed by atoms with van der Waals surface area (Å²) < 4.78 is 3.46. The van der Waals surface area contributed by atoms with E-state index in [1.54, 1.807) is 0 Å². The van der Waals surface area contributed by atoms with E-state index in [1.165, 1.54) is 0 Å². The molecule has 0 fully saturated rings. The molecule has 0 heterocycles. The maximum atomic E-state index is 4.49. The van der Waals surface area contributed by atoms with Gasteiger partial charge in [0, 0.05) is 5.04 Å². The van der Waals surface area contributed by atoms with Crippen molar-refractivity contribution in [2.75, 3.05) is 0 Å². The zero-order valence-corrected chi connectivity index (χ0v) is 3.64. The summed E-state index contributed by atoms with van der Waals surface area (Å²) in [5.74, 6) is 0. The first-order valence-electron chi connectivity index (χ1n) is 1.13. The number of halogens is 1. The second kappa shape index (κ2) is 4.75. The topological polar surface area (TPSA) is 27.7 Å². The summed E-state index contributed by atoms with van der Waals surface area (Å²) in [7, 11) is 0. The van der Waals surface area contributed by atoms with E-state index in [0.29, 0.717) is 0 Å². The monoisotopic (exact) mass is 110 g/mol. The molecular formula is C2H3ClO3. The highest BCUT2D eigenvalue weighted by molar-refractivity contribution is 6.06. The van der Waals surface area contributed by atoms with Crippen molar-refractivity contribution in [3.05, 3.63) is 12.8 Å². The smallest absolute Gasteiger partial charge is 0.125 e. The summed E-state index contributed by atoms with van der Waals surface area (Å²) in [5, 5.41) is 3.63. The SMILES string of the molecule is C=COOOCl. The Morgan fingerprint density at radius 1 is 1.67 bits per heavy atom. The molecule has 0 atom stereocenters. The third kappa shape index (κ3) is 3.75. The molecule has 0 radical (unpaired) electrons. The summed E-state index contributed by atoms with van der Waals surface area (Å²) in [6, 6.07) is 0. The molecule has 0 rings (SSSR count). The van der Waals surface area contributed by atoms with Gasteiger partial charge < -0.3 is 4.89 Å². The molecular weight excluding hydrogens is 107 g/mol. The molecule has 0 saturated carbocycles. The van der Waals surface area contributed by atoms with E-state index in [0.717, 1.165) is 6.26 Å². The molecule has 0 aromatic heterocycles. The van der Waals surface area contributed by atoms with Crippen molar-refractivity contribution in [3.63, 3.8) is 0 Å². The molecule has 0 unspecified atom stereocenters. The van der Waals surface area contributed by atoms with Gasteiger partial charge in [-0.3, -0.25) is 0 Å². The van der Waals surface area contributed by atoms with Gasteiger partial charge in [-0.05, 0) is 0 Å². The van der Waals surface area contributed by atoms with Crippen LogP contribution < -0.4 is 0 Å². The fraction of sp³-hybridized carbons (Fsp3) is 0. The van der Waals surface area contributed by atoms with Crippen molar-refractivity contribution in [1.29, 1.82) is 0 Å². The van der Waals surface area contributed by atoms with Gasteiger partial charge in [0.2, 0.25) is 0 Å². The van der Waals surface area contributed by atoms with Crippen molar-refractivity contribution < 1.29 is 14.4 Å². The summed E-state index contributed by atoms with van der Waals surface area (Å²) in [4.78, 5) is 3.89. The third-order valence-electron chi connectivity index (χ3n) is 0.133. The van der Waals surface area contributed by atoms with Crippen LogP contribution in [-0.2, 0) is 14.4 Å². The van der Waals surface area contributed by atoms with Crippen molar-refractivity contribution in [2.45, 2.75) is 0 Å². The average molecular weight is 110 g/mol. The minimum absolute atomic E-state index is 1.03. The van der Waals surface area contributed by atoms with Crippen molar-refractivity contribution in [3.8, 4) is 0 Å². The fourth-order valence-corrected chi connectivity index (χ4v) is 0.0723. The van der Waals surface area contributed by atoms with Crippen molar-refractivity contribution in [1.82, 2.24) is 0 Å². The Labute approximate surface area is 40.1 Å². The van der Waals surface area contributed by atoms with E-state index < -0.39 is 0 Å². The molecule has 0 aliphatic rings. The predicted molar refractivity (Wildman–Crippen MR) is 19.3 cm³/mol. The number of hydrogen-bond donors (Lipinski definition) is 0. The van der Waals surface area contributed by atoms with Gasteiger partial charge in [0.25, 0.3) is 0 Å². The highest BCUT2D eigenvalue weighted by Gasteiger charge is 1.70. The van der Waals surface area contributed by atoms with Crippen LogP contribution in [0.2, 0.25) is 0 Å². The lowest BCUT2D eigenvalue weighted by molar-refractivity contribution is -0.439. The van der Waals surface area contributed by atoms with Gasteiger partial charge in [-0.15, -0.1) is 0 Å². The molecule has 0 aromatic carbocycles. The molecule has 0 amide bonds. The second-order valence-corrected chi connectivity index (χ2v) is 0.520. The lowest BCUT2D eigenvalue weighted by atomic mass is 11.2. The van der Waals surface area contributed by atoms with Gasteiger partial charge >= 0.3 is 0 Å². The van der Waals surface area contributed by atoms with E-state index in [9.17, 15) is 0 Å². The van der Waals surface area contributed by atoms with Crippen LogP contribution in [0.4, 0.5) is 0 Å². The largest absolute Gasteiger partial charge is 0.316 e. The third-order valence-corrected chi connectivity index (χ3v) is 0.184. The Morgan fingerprint density at radius 3 is 2.50 bits per heavy atom. The standard InChI is InChI=1S/C2H3ClO3/c1-2-4-6-5-3/h2H,1H2. The first-order valence-corrected chi connectivity index (χ1v) is 1.44. The van der Waals surface area contributed by atoms with Crippen LogP contribution in [0, 0.1) is 0 Å². The average Bonchev–Trinajstić information content (AvgIpc) is 1.61. The molecule has 36 valence electrons. The molecule has 0 aliphatic heterocycles. The van der Waals surface area contributed by atoms with Crippen molar-refractivity contribution >= 4 is 11.9 Å². The lowest BCUT2D eigenvalue weighted by Crippen LogP contribution is -1.76. The molecule has 3 nitrogen and oxygen atoms in total. The molecule has 0 saturated heterocycles. The van der Waals surface area contributed by atoms with E-state index in [4.69, 9.17) is 0 Å². The fourth-order valence-electron chi connectivity index (χ4n) is 0.0426. The Balaban J connectivity index is 2.49. The minimum Gasteiger partial charge on any atom is -0.316 e. The van der Waals surface area contributed by atoms with Crippen LogP contribution in [0.15, 0.2) is 12.8 Å². The van der Waals surface area contributed by atoms with Crippen LogP contribution in [0.3, 0.4) is 0 Å². The highest BCUT2D eigenvalue weighted by Crippen LogP contribution is 1.82. The summed E-state index contributed by atoms with van der Waals surface area (Å²) >= 11 is 4.49. The van der Waals surface area contributed by atoms with Gasteiger partial charge in [-0.1, -0.05) is 11.0 Å². The Kier molecular flexibility index (Phi) is 4.55. The summed E-state index contributed by atoms with van der Waals surface area (Å²) in [6.07, 6.45) is 1.03. The Bertz CT molecular complexity index is 37.8. The molecule has 6 heavy (non-hydrogen) atoms. The normalized spacial score (nSPS) is 7.50. The predicted octanol–water partition coefficient (Wildman–Crippen LogP) is 1.16. The van der Waals surface area contributed by atoms with Gasteiger partial charge in [0.05, 0.1) is 0 Å². The molecule has 0 spiro atoms.